The predicted molar refractivity (Wildman–Crippen MR) is 113 cm³/mol. The Hall–Kier alpha value is -2.58. The Labute approximate surface area is 172 Å². The van der Waals surface area contributed by atoms with Crippen LogP contribution in [0.25, 0.3) is 0 Å². The van der Waals surface area contributed by atoms with Crippen molar-refractivity contribution in [3.8, 4) is 5.75 Å². The fourth-order valence-electron chi connectivity index (χ4n) is 2.97. The van der Waals surface area contributed by atoms with Gasteiger partial charge in [0.2, 0.25) is 10.0 Å². The molecule has 0 radical (unpaired) electrons. The molecule has 7 nitrogen and oxygen atoms in total. The summed E-state index contributed by atoms with van der Waals surface area (Å²) in [6, 6.07) is 11.5. The van der Waals surface area contributed by atoms with Gasteiger partial charge in [-0.2, -0.15) is 0 Å². The number of ether oxygens (including phenoxy) is 1. The Balaban J connectivity index is 2.18. The summed E-state index contributed by atoms with van der Waals surface area (Å²) in [7, 11) is -2.31. The molecule has 2 aromatic rings. The van der Waals surface area contributed by atoms with Crippen LogP contribution in [0.15, 0.2) is 47.4 Å². The highest BCUT2D eigenvalue weighted by atomic mass is 32.2. The number of benzene rings is 2. The largest absolute Gasteiger partial charge is 0.497 e. The molecule has 3 N–H and O–H groups in total. The summed E-state index contributed by atoms with van der Waals surface area (Å²) in [6.07, 6.45) is 2.31. The molecule has 2 aromatic carbocycles. The summed E-state index contributed by atoms with van der Waals surface area (Å²) < 4.78 is 33.5. The average molecular weight is 421 g/mol. The predicted octanol–water partition coefficient (Wildman–Crippen LogP) is 3.51. The van der Waals surface area contributed by atoms with Crippen LogP contribution in [0.4, 0.5) is 5.69 Å². The number of methoxy groups -OCH3 is 1. The van der Waals surface area contributed by atoms with Crippen LogP contribution < -0.4 is 14.8 Å². The zero-order chi connectivity index (χ0) is 21.4. The van der Waals surface area contributed by atoms with Crippen LogP contribution >= 0.6 is 0 Å². The maximum Gasteiger partial charge on any atom is 0.335 e. The van der Waals surface area contributed by atoms with Gasteiger partial charge in [0.15, 0.2) is 0 Å². The van der Waals surface area contributed by atoms with E-state index in [-0.39, 0.29) is 23.0 Å². The highest BCUT2D eigenvalue weighted by Crippen LogP contribution is 2.24. The average Bonchev–Trinajstić information content (AvgIpc) is 2.68. The molecule has 0 aliphatic carbocycles. The van der Waals surface area contributed by atoms with Gasteiger partial charge in [-0.1, -0.05) is 25.5 Å². The third-order valence-corrected chi connectivity index (χ3v) is 6.01. The molecule has 0 saturated carbocycles. The maximum absolute atomic E-state index is 12.9. The molecule has 0 aliphatic rings. The van der Waals surface area contributed by atoms with E-state index in [1.165, 1.54) is 18.2 Å². The molecule has 0 unspecified atom stereocenters. The van der Waals surface area contributed by atoms with Crippen molar-refractivity contribution in [1.29, 1.82) is 0 Å². The van der Waals surface area contributed by atoms with Crippen molar-refractivity contribution in [1.82, 2.24) is 4.72 Å². The van der Waals surface area contributed by atoms with Gasteiger partial charge >= 0.3 is 5.97 Å². The number of carboxylic acid groups (broad SMARTS) is 1. The van der Waals surface area contributed by atoms with Crippen molar-refractivity contribution < 1.29 is 23.1 Å². The fraction of sp³-hybridized carbons (Fsp3) is 0.381. The summed E-state index contributed by atoms with van der Waals surface area (Å²) in [6.45, 7) is 4.20. The first-order valence-electron chi connectivity index (χ1n) is 9.53. The molecule has 2 rings (SSSR count). The standard InChI is InChI=1S/C21H28N2O5S/c1-4-5-15(2)23-19-11-8-17(21(24)25)14-20(19)29(26,27)22-13-12-16-6-9-18(28-3)10-7-16/h6-11,14-15,22-23H,4-5,12-13H2,1-3H3,(H,24,25)/t15-/m1/s1. The van der Waals surface area contributed by atoms with E-state index in [1.54, 1.807) is 7.11 Å². The first kappa shape index (κ1) is 22.7. The molecule has 0 fully saturated rings. The number of hydrogen-bond donors (Lipinski definition) is 3. The van der Waals surface area contributed by atoms with Gasteiger partial charge in [0.05, 0.1) is 18.4 Å². The first-order chi connectivity index (χ1) is 13.8. The molecule has 0 heterocycles. The molecule has 158 valence electrons. The minimum absolute atomic E-state index is 0.0592. The smallest absolute Gasteiger partial charge is 0.335 e. The number of carbonyl (C=O) groups is 1. The van der Waals surface area contributed by atoms with Gasteiger partial charge in [0.1, 0.15) is 10.6 Å². The molecular formula is C21H28N2O5S. The first-order valence-corrected chi connectivity index (χ1v) is 11.0. The summed E-state index contributed by atoms with van der Waals surface area (Å²) in [4.78, 5) is 11.3. The minimum Gasteiger partial charge on any atom is -0.497 e. The third kappa shape index (κ3) is 6.47. The quantitative estimate of drug-likeness (QED) is 0.514. The number of sulfonamides is 1. The molecule has 0 saturated heterocycles. The zero-order valence-electron chi connectivity index (χ0n) is 16.9. The molecule has 1 atom stereocenters. The molecule has 0 aromatic heterocycles. The van der Waals surface area contributed by atoms with Crippen LogP contribution in [0.1, 0.15) is 42.6 Å². The summed E-state index contributed by atoms with van der Waals surface area (Å²) in [5.41, 5.74) is 1.28. The number of hydrogen-bond acceptors (Lipinski definition) is 5. The monoisotopic (exact) mass is 420 g/mol. The van der Waals surface area contributed by atoms with Gasteiger partial charge in [-0.25, -0.2) is 17.9 Å². The van der Waals surface area contributed by atoms with E-state index in [0.717, 1.165) is 24.2 Å². The second-order valence-corrected chi connectivity index (χ2v) is 8.58. The van der Waals surface area contributed by atoms with Crippen molar-refractivity contribution in [2.24, 2.45) is 0 Å². The van der Waals surface area contributed by atoms with Crippen LogP contribution in [0.2, 0.25) is 0 Å². The molecule has 0 amide bonds. The van der Waals surface area contributed by atoms with Crippen LogP contribution in [-0.4, -0.2) is 39.2 Å². The minimum atomic E-state index is -3.89. The highest BCUT2D eigenvalue weighted by molar-refractivity contribution is 7.89. The number of nitrogens with one attached hydrogen (secondary N) is 2. The number of rotatable bonds is 11. The van der Waals surface area contributed by atoms with Gasteiger partial charge in [0, 0.05) is 12.6 Å². The third-order valence-electron chi connectivity index (χ3n) is 4.51. The summed E-state index contributed by atoms with van der Waals surface area (Å²) >= 11 is 0. The van der Waals surface area contributed by atoms with E-state index in [0.29, 0.717) is 12.1 Å². The number of anilines is 1. The molecular weight excluding hydrogens is 392 g/mol. The lowest BCUT2D eigenvalue weighted by molar-refractivity contribution is 0.0696. The Morgan fingerprint density at radius 2 is 1.86 bits per heavy atom. The van der Waals surface area contributed by atoms with E-state index in [2.05, 4.69) is 10.0 Å². The van der Waals surface area contributed by atoms with Crippen molar-refractivity contribution >= 4 is 21.7 Å². The van der Waals surface area contributed by atoms with Gasteiger partial charge < -0.3 is 15.2 Å². The highest BCUT2D eigenvalue weighted by Gasteiger charge is 2.21. The Bertz CT molecular complexity index is 927. The van der Waals surface area contributed by atoms with Gasteiger partial charge in [-0.05, 0) is 55.7 Å². The van der Waals surface area contributed by atoms with Crippen molar-refractivity contribution in [2.75, 3.05) is 19.0 Å². The Kier molecular flexibility index (Phi) is 8.04. The van der Waals surface area contributed by atoms with Crippen LogP contribution in [-0.2, 0) is 16.4 Å². The van der Waals surface area contributed by atoms with Gasteiger partial charge in [-0.15, -0.1) is 0 Å². The lowest BCUT2D eigenvalue weighted by Gasteiger charge is -2.18. The molecule has 8 heteroatoms. The second kappa shape index (κ2) is 10.3. The topological polar surface area (TPSA) is 105 Å². The maximum atomic E-state index is 12.9. The normalized spacial score (nSPS) is 12.4. The van der Waals surface area contributed by atoms with Crippen molar-refractivity contribution in [2.45, 2.75) is 44.0 Å². The van der Waals surface area contributed by atoms with Crippen LogP contribution in [0.3, 0.4) is 0 Å². The SMILES string of the molecule is CCC[C@@H](C)Nc1ccc(C(=O)O)cc1S(=O)(=O)NCCc1ccc(OC)cc1. The fourth-order valence-corrected chi connectivity index (χ4v) is 4.19. The molecule has 0 aliphatic heterocycles. The van der Waals surface area contributed by atoms with E-state index in [1.807, 2.05) is 38.1 Å². The number of aromatic carboxylic acids is 1. The Morgan fingerprint density at radius 3 is 2.45 bits per heavy atom. The summed E-state index contributed by atoms with van der Waals surface area (Å²) in [5, 5.41) is 12.4. The van der Waals surface area contributed by atoms with E-state index < -0.39 is 16.0 Å². The second-order valence-electron chi connectivity index (χ2n) is 6.85. The van der Waals surface area contributed by atoms with E-state index >= 15 is 0 Å². The summed E-state index contributed by atoms with van der Waals surface area (Å²) in [5.74, 6) is -0.440. The lowest BCUT2D eigenvalue weighted by Crippen LogP contribution is -2.28. The Morgan fingerprint density at radius 1 is 1.17 bits per heavy atom. The van der Waals surface area contributed by atoms with Crippen LogP contribution in [0.5, 0.6) is 5.75 Å². The van der Waals surface area contributed by atoms with Gasteiger partial charge in [-0.3, -0.25) is 0 Å². The molecule has 29 heavy (non-hydrogen) atoms. The zero-order valence-corrected chi connectivity index (χ0v) is 17.8. The van der Waals surface area contributed by atoms with E-state index in [4.69, 9.17) is 4.74 Å². The lowest BCUT2D eigenvalue weighted by atomic mass is 10.1. The molecule has 0 spiro atoms. The van der Waals surface area contributed by atoms with E-state index in [9.17, 15) is 18.3 Å². The van der Waals surface area contributed by atoms with Gasteiger partial charge in [0.25, 0.3) is 0 Å². The van der Waals surface area contributed by atoms with Crippen LogP contribution in [0, 0.1) is 0 Å². The van der Waals surface area contributed by atoms with Crippen molar-refractivity contribution in [3.63, 3.8) is 0 Å². The number of carboxylic acids is 1. The van der Waals surface area contributed by atoms with Crippen molar-refractivity contribution in [3.05, 3.63) is 53.6 Å². The molecule has 0 bridgehead atoms.